The normalized spacial score (nSPS) is 32.9. The first-order valence-corrected chi connectivity index (χ1v) is 6.24. The highest BCUT2D eigenvalue weighted by molar-refractivity contribution is 5.42. The standard InChI is InChI=1S/C11H17N3O7/c15-2-4-1-12-11(20)14-9(4)13-10-8(19)7(18)6(17)5(3-16)21-10/h1,5-8,10,15-19H,2-3H2,(H2,12,13,14,20)/t5-,6-,7+,8-,10-/m1/s1. The molecular formula is C11H17N3O7. The van der Waals surface area contributed by atoms with Crippen molar-refractivity contribution in [1.82, 2.24) is 9.97 Å². The molecule has 0 unspecified atom stereocenters. The van der Waals surface area contributed by atoms with Gasteiger partial charge in [-0.3, -0.25) is 4.98 Å². The Hall–Kier alpha value is -1.56. The number of hydrogen-bond donors (Lipinski definition) is 7. The monoisotopic (exact) mass is 303 g/mol. The Balaban J connectivity index is 2.22. The van der Waals surface area contributed by atoms with Gasteiger partial charge in [0.15, 0.2) is 6.23 Å². The van der Waals surface area contributed by atoms with Crippen molar-refractivity contribution in [2.75, 3.05) is 11.9 Å². The van der Waals surface area contributed by atoms with Crippen molar-refractivity contribution in [1.29, 1.82) is 0 Å². The molecule has 7 N–H and O–H groups in total. The van der Waals surface area contributed by atoms with Crippen molar-refractivity contribution < 1.29 is 30.3 Å². The van der Waals surface area contributed by atoms with Crippen LogP contribution in [0.25, 0.3) is 0 Å². The van der Waals surface area contributed by atoms with E-state index in [1.54, 1.807) is 0 Å². The van der Waals surface area contributed by atoms with Crippen LogP contribution in [0.1, 0.15) is 5.56 Å². The first kappa shape index (κ1) is 15.8. The Bertz CT molecular complexity index is 535. The van der Waals surface area contributed by atoms with Crippen LogP contribution in [0.2, 0.25) is 0 Å². The van der Waals surface area contributed by atoms with Crippen LogP contribution >= 0.6 is 0 Å². The van der Waals surface area contributed by atoms with E-state index in [9.17, 15) is 20.1 Å². The number of aliphatic hydroxyl groups is 5. The number of anilines is 1. The second-order valence-electron chi connectivity index (χ2n) is 4.64. The van der Waals surface area contributed by atoms with E-state index in [0.29, 0.717) is 0 Å². The zero-order valence-electron chi connectivity index (χ0n) is 10.9. The Kier molecular flexibility index (Phi) is 4.88. The van der Waals surface area contributed by atoms with Crippen LogP contribution in [0, 0.1) is 0 Å². The van der Waals surface area contributed by atoms with E-state index >= 15 is 0 Å². The van der Waals surface area contributed by atoms with E-state index in [2.05, 4.69) is 15.3 Å². The molecule has 10 heteroatoms. The summed E-state index contributed by atoms with van der Waals surface area (Å²) < 4.78 is 5.23. The molecule has 1 aliphatic rings. The average Bonchev–Trinajstić information content (AvgIpc) is 2.48. The van der Waals surface area contributed by atoms with Gasteiger partial charge >= 0.3 is 5.69 Å². The average molecular weight is 303 g/mol. The highest BCUT2D eigenvalue weighted by Gasteiger charge is 2.43. The molecule has 0 bridgehead atoms. The summed E-state index contributed by atoms with van der Waals surface area (Å²) in [6.07, 6.45) is -5.66. The van der Waals surface area contributed by atoms with Crippen molar-refractivity contribution >= 4 is 5.82 Å². The fourth-order valence-electron chi connectivity index (χ4n) is 2.03. The number of hydrogen-bond acceptors (Lipinski definition) is 9. The summed E-state index contributed by atoms with van der Waals surface area (Å²) in [4.78, 5) is 17.0. The first-order chi connectivity index (χ1) is 9.97. The van der Waals surface area contributed by atoms with E-state index in [4.69, 9.17) is 14.9 Å². The summed E-state index contributed by atoms with van der Waals surface area (Å²) in [6.45, 7) is -0.994. The zero-order chi connectivity index (χ0) is 15.6. The minimum atomic E-state index is -1.54. The summed E-state index contributed by atoms with van der Waals surface area (Å²) in [7, 11) is 0. The fourth-order valence-corrected chi connectivity index (χ4v) is 2.03. The van der Waals surface area contributed by atoms with Gasteiger partial charge < -0.3 is 35.6 Å². The number of aromatic amines is 1. The lowest BCUT2D eigenvalue weighted by atomic mass is 9.98. The Morgan fingerprint density at radius 3 is 2.57 bits per heavy atom. The van der Waals surface area contributed by atoms with Crippen LogP contribution in [0.4, 0.5) is 5.82 Å². The van der Waals surface area contributed by atoms with E-state index in [1.807, 2.05) is 0 Å². The van der Waals surface area contributed by atoms with Crippen LogP contribution in [0.5, 0.6) is 0 Å². The number of nitrogens with zero attached hydrogens (tertiary/aromatic N) is 1. The van der Waals surface area contributed by atoms with E-state index in [0.717, 1.165) is 6.20 Å². The van der Waals surface area contributed by atoms with Gasteiger partial charge in [0.2, 0.25) is 0 Å². The molecule has 5 atom stereocenters. The van der Waals surface area contributed by atoms with Crippen LogP contribution < -0.4 is 11.0 Å². The Morgan fingerprint density at radius 1 is 1.24 bits per heavy atom. The van der Waals surface area contributed by atoms with Gasteiger partial charge in [0.1, 0.15) is 30.2 Å². The number of rotatable bonds is 4. The summed E-state index contributed by atoms with van der Waals surface area (Å²) in [5.41, 5.74) is -0.439. The predicted octanol–water partition coefficient (Wildman–Crippen LogP) is -3.53. The van der Waals surface area contributed by atoms with E-state index in [-0.39, 0.29) is 11.4 Å². The fraction of sp³-hybridized carbons (Fsp3) is 0.636. The smallest absolute Gasteiger partial charge is 0.346 e. The van der Waals surface area contributed by atoms with Gasteiger partial charge in [-0.15, -0.1) is 0 Å². The topological polar surface area (TPSA) is 168 Å². The second kappa shape index (κ2) is 6.47. The van der Waals surface area contributed by atoms with Gasteiger partial charge in [0.25, 0.3) is 0 Å². The minimum Gasteiger partial charge on any atom is -0.394 e. The zero-order valence-corrected chi connectivity index (χ0v) is 10.9. The summed E-state index contributed by atoms with van der Waals surface area (Å²) in [5.74, 6) is 0.0572. The third kappa shape index (κ3) is 3.20. The maximum absolute atomic E-state index is 11.2. The molecule has 0 radical (unpaired) electrons. The minimum absolute atomic E-state index is 0.0572. The SMILES string of the molecule is O=c1ncc(CO)c(N[C@@H]2O[C@H](CO)[C@@H](O)[C@H](O)[C@H]2O)[nH]1. The molecule has 118 valence electrons. The largest absolute Gasteiger partial charge is 0.394 e. The number of H-pyrrole nitrogens is 1. The van der Waals surface area contributed by atoms with E-state index in [1.165, 1.54) is 0 Å². The van der Waals surface area contributed by atoms with Gasteiger partial charge in [-0.1, -0.05) is 0 Å². The number of aliphatic hydroxyl groups excluding tert-OH is 5. The van der Waals surface area contributed by atoms with Crippen LogP contribution in [0.3, 0.4) is 0 Å². The molecule has 1 aromatic rings. The lowest BCUT2D eigenvalue weighted by Gasteiger charge is -2.40. The molecular weight excluding hydrogens is 286 g/mol. The number of ether oxygens (including phenoxy) is 1. The maximum atomic E-state index is 11.2. The molecule has 0 saturated carbocycles. The molecule has 1 saturated heterocycles. The lowest BCUT2D eigenvalue weighted by molar-refractivity contribution is -0.221. The van der Waals surface area contributed by atoms with Crippen molar-refractivity contribution in [2.24, 2.45) is 0 Å². The third-order valence-corrected chi connectivity index (χ3v) is 3.24. The van der Waals surface area contributed by atoms with Gasteiger partial charge in [-0.05, 0) is 0 Å². The molecule has 0 aliphatic carbocycles. The highest BCUT2D eigenvalue weighted by Crippen LogP contribution is 2.22. The van der Waals surface area contributed by atoms with Gasteiger partial charge in [-0.2, -0.15) is 0 Å². The van der Waals surface area contributed by atoms with Crippen LogP contribution in [-0.2, 0) is 11.3 Å². The van der Waals surface area contributed by atoms with Gasteiger partial charge in [0.05, 0.1) is 13.2 Å². The Morgan fingerprint density at radius 2 is 1.95 bits per heavy atom. The van der Waals surface area contributed by atoms with Crippen molar-refractivity contribution in [3.05, 3.63) is 22.2 Å². The first-order valence-electron chi connectivity index (χ1n) is 6.24. The molecule has 21 heavy (non-hydrogen) atoms. The van der Waals surface area contributed by atoms with Crippen LogP contribution in [0.15, 0.2) is 11.0 Å². The van der Waals surface area contributed by atoms with Gasteiger partial charge in [0, 0.05) is 11.8 Å². The lowest BCUT2D eigenvalue weighted by Crippen LogP contribution is -2.60. The third-order valence-electron chi connectivity index (χ3n) is 3.24. The quantitative estimate of drug-likeness (QED) is 0.298. The molecule has 2 heterocycles. The van der Waals surface area contributed by atoms with Crippen LogP contribution in [-0.4, -0.2) is 72.8 Å². The van der Waals surface area contributed by atoms with Crippen molar-refractivity contribution in [3.8, 4) is 0 Å². The van der Waals surface area contributed by atoms with Crippen molar-refractivity contribution in [2.45, 2.75) is 37.3 Å². The highest BCUT2D eigenvalue weighted by atomic mass is 16.6. The molecule has 0 amide bonds. The second-order valence-corrected chi connectivity index (χ2v) is 4.64. The Labute approximate surface area is 118 Å². The predicted molar refractivity (Wildman–Crippen MR) is 68.2 cm³/mol. The number of nitrogens with one attached hydrogen (secondary N) is 2. The molecule has 0 aromatic carbocycles. The molecule has 10 nitrogen and oxygen atoms in total. The molecule has 1 aliphatic heterocycles. The molecule has 1 fully saturated rings. The molecule has 0 spiro atoms. The van der Waals surface area contributed by atoms with Crippen molar-refractivity contribution in [3.63, 3.8) is 0 Å². The molecule has 1 aromatic heterocycles. The summed E-state index contributed by atoms with van der Waals surface area (Å²) >= 11 is 0. The molecule has 2 rings (SSSR count). The number of aromatic nitrogens is 2. The summed E-state index contributed by atoms with van der Waals surface area (Å²) in [6, 6.07) is 0. The van der Waals surface area contributed by atoms with Gasteiger partial charge in [-0.25, -0.2) is 9.78 Å². The van der Waals surface area contributed by atoms with E-state index < -0.39 is 49.5 Å². The maximum Gasteiger partial charge on any atom is 0.346 e. The summed E-state index contributed by atoms with van der Waals surface area (Å²) in [5, 5.41) is 50.0.